The molecule has 0 spiro atoms. The van der Waals surface area contributed by atoms with Crippen LogP contribution in [0.5, 0.6) is 11.5 Å². The Kier molecular flexibility index (Phi) is 3.92. The molecule has 0 aromatic heterocycles. The summed E-state index contributed by atoms with van der Waals surface area (Å²) in [6, 6.07) is 4.66. The van der Waals surface area contributed by atoms with Crippen LogP contribution in [0, 0.1) is 11.3 Å². The van der Waals surface area contributed by atoms with E-state index in [4.69, 9.17) is 15.7 Å². The molecule has 3 N–H and O–H groups in total. The van der Waals surface area contributed by atoms with Gasteiger partial charge in [-0.25, -0.2) is 0 Å². The average Bonchev–Trinajstić information content (AvgIpc) is 2.28. The fourth-order valence-electron chi connectivity index (χ4n) is 1.52. The Morgan fingerprint density at radius 3 is 2.88 bits per heavy atom. The van der Waals surface area contributed by atoms with Gasteiger partial charge in [-0.05, 0) is 18.6 Å². The minimum absolute atomic E-state index is 0.0732. The van der Waals surface area contributed by atoms with Crippen LogP contribution in [0.1, 0.15) is 23.6 Å². The molecule has 0 radical (unpaired) electrons. The van der Waals surface area contributed by atoms with Crippen LogP contribution in [-0.2, 0) is 0 Å². The number of nitrogens with zero attached hydrogens (tertiary/aromatic N) is 1. The molecule has 0 fully saturated rings. The number of benzene rings is 1. The van der Waals surface area contributed by atoms with Crippen LogP contribution in [-0.4, -0.2) is 12.2 Å². The summed E-state index contributed by atoms with van der Waals surface area (Å²) in [4.78, 5) is 0. The number of aromatic hydroxyl groups is 1. The minimum Gasteiger partial charge on any atom is -0.504 e. The van der Waals surface area contributed by atoms with Crippen LogP contribution in [0.4, 0.5) is 0 Å². The van der Waals surface area contributed by atoms with E-state index in [2.05, 4.69) is 6.58 Å². The number of nitriles is 1. The quantitative estimate of drug-likeness (QED) is 0.756. The lowest BCUT2D eigenvalue weighted by atomic mass is 9.97. The molecule has 0 bridgehead atoms. The van der Waals surface area contributed by atoms with E-state index in [0.717, 1.165) is 0 Å². The predicted molar refractivity (Wildman–Crippen MR) is 61.1 cm³/mol. The Labute approximate surface area is 94.6 Å². The first-order valence-corrected chi connectivity index (χ1v) is 4.82. The summed E-state index contributed by atoms with van der Waals surface area (Å²) >= 11 is 0. The van der Waals surface area contributed by atoms with E-state index in [1.807, 2.05) is 6.07 Å². The van der Waals surface area contributed by atoms with Crippen LogP contribution in [0.2, 0.25) is 0 Å². The molecule has 1 aromatic rings. The van der Waals surface area contributed by atoms with Gasteiger partial charge in [-0.3, -0.25) is 0 Å². The van der Waals surface area contributed by atoms with Gasteiger partial charge in [0.2, 0.25) is 0 Å². The van der Waals surface area contributed by atoms with E-state index in [-0.39, 0.29) is 5.75 Å². The van der Waals surface area contributed by atoms with Gasteiger partial charge in [0.15, 0.2) is 11.5 Å². The van der Waals surface area contributed by atoms with E-state index in [0.29, 0.717) is 23.3 Å². The van der Waals surface area contributed by atoms with E-state index < -0.39 is 6.04 Å². The molecular weight excluding hydrogens is 204 g/mol. The van der Waals surface area contributed by atoms with Crippen molar-refractivity contribution in [2.75, 3.05) is 7.11 Å². The fraction of sp³-hybridized carbons (Fsp3) is 0.250. The van der Waals surface area contributed by atoms with Crippen molar-refractivity contribution in [2.45, 2.75) is 12.5 Å². The van der Waals surface area contributed by atoms with Crippen molar-refractivity contribution >= 4 is 0 Å². The zero-order valence-corrected chi connectivity index (χ0v) is 9.10. The van der Waals surface area contributed by atoms with Gasteiger partial charge in [0.05, 0.1) is 18.7 Å². The highest BCUT2D eigenvalue weighted by atomic mass is 16.5. The first-order chi connectivity index (χ1) is 7.65. The normalized spacial score (nSPS) is 11.6. The molecule has 0 aliphatic rings. The van der Waals surface area contributed by atoms with Gasteiger partial charge in [-0.15, -0.1) is 6.58 Å². The molecule has 4 nitrogen and oxygen atoms in total. The highest BCUT2D eigenvalue weighted by molar-refractivity contribution is 5.55. The second kappa shape index (κ2) is 5.19. The Morgan fingerprint density at radius 2 is 2.38 bits per heavy atom. The predicted octanol–water partition coefficient (Wildman–Crippen LogP) is 1.85. The van der Waals surface area contributed by atoms with Crippen LogP contribution >= 0.6 is 0 Å². The highest BCUT2D eigenvalue weighted by Crippen LogP contribution is 2.36. The molecule has 4 heteroatoms. The Hall–Kier alpha value is -1.99. The maximum absolute atomic E-state index is 9.91. The van der Waals surface area contributed by atoms with Gasteiger partial charge >= 0.3 is 0 Å². The van der Waals surface area contributed by atoms with E-state index in [1.54, 1.807) is 12.1 Å². The minimum atomic E-state index is -0.456. The molecule has 84 valence electrons. The summed E-state index contributed by atoms with van der Waals surface area (Å²) in [5.41, 5.74) is 6.63. The summed E-state index contributed by atoms with van der Waals surface area (Å²) in [5.74, 6) is 0.240. The second-order valence-electron chi connectivity index (χ2n) is 3.32. The molecule has 0 aliphatic carbocycles. The topological polar surface area (TPSA) is 79.3 Å². The summed E-state index contributed by atoms with van der Waals surface area (Å²) < 4.78 is 4.97. The third-order valence-corrected chi connectivity index (χ3v) is 2.31. The van der Waals surface area contributed by atoms with Gasteiger partial charge in [0, 0.05) is 11.6 Å². The third-order valence-electron chi connectivity index (χ3n) is 2.31. The van der Waals surface area contributed by atoms with Crippen LogP contribution in [0.25, 0.3) is 0 Å². The molecule has 16 heavy (non-hydrogen) atoms. The molecule has 1 aromatic carbocycles. The van der Waals surface area contributed by atoms with Gasteiger partial charge < -0.3 is 15.6 Å². The number of methoxy groups -OCH3 is 1. The summed E-state index contributed by atoms with van der Waals surface area (Å²) in [6.07, 6.45) is 2.13. The number of rotatable bonds is 4. The molecule has 1 rings (SSSR count). The molecule has 0 saturated heterocycles. The van der Waals surface area contributed by atoms with E-state index >= 15 is 0 Å². The van der Waals surface area contributed by atoms with Crippen molar-refractivity contribution in [3.05, 3.63) is 35.9 Å². The van der Waals surface area contributed by atoms with Crippen molar-refractivity contribution in [1.29, 1.82) is 5.26 Å². The van der Waals surface area contributed by atoms with Crippen molar-refractivity contribution < 1.29 is 9.84 Å². The molecule has 0 saturated carbocycles. The van der Waals surface area contributed by atoms with Crippen molar-refractivity contribution in [3.8, 4) is 17.6 Å². The molecule has 1 atom stereocenters. The summed E-state index contributed by atoms with van der Waals surface area (Å²) in [6.45, 7) is 3.58. The van der Waals surface area contributed by atoms with Crippen molar-refractivity contribution in [2.24, 2.45) is 5.73 Å². The molecule has 0 aliphatic heterocycles. The largest absolute Gasteiger partial charge is 0.504 e. The number of nitrogens with two attached hydrogens (primary N) is 1. The number of hydrogen-bond donors (Lipinski definition) is 2. The smallest absolute Gasteiger partial charge is 0.163 e. The van der Waals surface area contributed by atoms with Gasteiger partial charge in [0.1, 0.15) is 0 Å². The zero-order chi connectivity index (χ0) is 12.1. The molecule has 0 amide bonds. The molecule has 0 heterocycles. The lowest BCUT2D eigenvalue weighted by molar-refractivity contribution is 0.368. The molecular formula is C12H14N2O2. The van der Waals surface area contributed by atoms with Gasteiger partial charge in [0.25, 0.3) is 0 Å². The Bertz CT molecular complexity index is 435. The van der Waals surface area contributed by atoms with Crippen LogP contribution < -0.4 is 10.5 Å². The summed E-state index contributed by atoms with van der Waals surface area (Å²) in [7, 11) is 1.45. The van der Waals surface area contributed by atoms with Crippen LogP contribution in [0.3, 0.4) is 0 Å². The highest BCUT2D eigenvalue weighted by Gasteiger charge is 2.18. The van der Waals surface area contributed by atoms with E-state index in [9.17, 15) is 5.11 Å². The maximum atomic E-state index is 9.91. The Morgan fingerprint density at radius 1 is 1.69 bits per heavy atom. The van der Waals surface area contributed by atoms with Crippen molar-refractivity contribution in [1.82, 2.24) is 0 Å². The van der Waals surface area contributed by atoms with E-state index in [1.165, 1.54) is 13.2 Å². The molecule has 0 unspecified atom stereocenters. The number of ether oxygens (including phenoxy) is 1. The SMILES string of the molecule is C=CC[C@@H](N)c1c(C#N)ccc(OC)c1O. The first kappa shape index (κ1) is 12.1. The fourth-order valence-corrected chi connectivity index (χ4v) is 1.52. The average molecular weight is 218 g/mol. The monoisotopic (exact) mass is 218 g/mol. The second-order valence-corrected chi connectivity index (χ2v) is 3.32. The number of hydrogen-bond acceptors (Lipinski definition) is 4. The Balaban J connectivity index is 3.32. The van der Waals surface area contributed by atoms with Gasteiger partial charge in [-0.2, -0.15) is 5.26 Å². The number of phenols is 1. The van der Waals surface area contributed by atoms with Crippen molar-refractivity contribution in [3.63, 3.8) is 0 Å². The third kappa shape index (κ3) is 2.15. The number of phenolic OH excluding ortho intramolecular Hbond substituents is 1. The van der Waals surface area contributed by atoms with Gasteiger partial charge in [-0.1, -0.05) is 6.08 Å². The zero-order valence-electron chi connectivity index (χ0n) is 9.10. The lowest BCUT2D eigenvalue weighted by Crippen LogP contribution is -2.11. The maximum Gasteiger partial charge on any atom is 0.163 e. The summed E-state index contributed by atoms with van der Waals surface area (Å²) in [5, 5.41) is 18.8. The van der Waals surface area contributed by atoms with Crippen LogP contribution in [0.15, 0.2) is 24.8 Å². The standard InChI is InChI=1S/C12H14N2O2/c1-3-4-9(14)11-8(7-13)5-6-10(16-2)12(11)15/h3,5-6,9,15H,1,4,14H2,2H3/t9-/m1/s1. The first-order valence-electron chi connectivity index (χ1n) is 4.82. The lowest BCUT2D eigenvalue weighted by Gasteiger charge is -2.15.